The standard InChI is InChI=1S/C8H15N2O/c1-6(2)8(4)7(3)10(11)5-9-8/h5-6,11H,1-4H3/q+1. The predicted molar refractivity (Wildman–Crippen MR) is 44.5 cm³/mol. The van der Waals surface area contributed by atoms with Gasteiger partial charge in [0.1, 0.15) is 0 Å². The summed E-state index contributed by atoms with van der Waals surface area (Å²) < 4.78 is 1.10. The molecule has 0 aromatic carbocycles. The van der Waals surface area contributed by atoms with Gasteiger partial charge in [-0.1, -0.05) is 23.6 Å². The van der Waals surface area contributed by atoms with Crippen molar-refractivity contribution in [3.05, 3.63) is 0 Å². The summed E-state index contributed by atoms with van der Waals surface area (Å²) in [6.07, 6.45) is 1.47. The van der Waals surface area contributed by atoms with Crippen molar-refractivity contribution in [3.63, 3.8) is 0 Å². The molecule has 1 atom stereocenters. The zero-order valence-electron chi connectivity index (χ0n) is 7.50. The van der Waals surface area contributed by atoms with Crippen LogP contribution in [0.25, 0.3) is 0 Å². The fraction of sp³-hybridized carbons (Fsp3) is 0.750. The Kier molecular flexibility index (Phi) is 1.74. The van der Waals surface area contributed by atoms with Gasteiger partial charge in [0.25, 0.3) is 0 Å². The molecule has 1 aliphatic rings. The van der Waals surface area contributed by atoms with E-state index in [0.29, 0.717) is 5.92 Å². The highest BCUT2D eigenvalue weighted by atomic mass is 16.5. The zero-order chi connectivity index (χ0) is 8.65. The van der Waals surface area contributed by atoms with E-state index in [0.717, 1.165) is 10.5 Å². The lowest BCUT2D eigenvalue weighted by Crippen LogP contribution is -2.37. The van der Waals surface area contributed by atoms with Gasteiger partial charge in [-0.3, -0.25) is 0 Å². The van der Waals surface area contributed by atoms with Crippen molar-refractivity contribution >= 4 is 12.1 Å². The average molecular weight is 155 g/mol. The molecule has 0 spiro atoms. The minimum atomic E-state index is -0.214. The summed E-state index contributed by atoms with van der Waals surface area (Å²) >= 11 is 0. The third-order valence-electron chi connectivity index (χ3n) is 2.64. The second kappa shape index (κ2) is 2.32. The first-order valence-electron chi connectivity index (χ1n) is 3.86. The molecule has 62 valence electrons. The maximum absolute atomic E-state index is 9.23. The molecule has 0 aromatic heterocycles. The van der Waals surface area contributed by atoms with Crippen LogP contribution >= 0.6 is 0 Å². The fourth-order valence-corrected chi connectivity index (χ4v) is 1.15. The van der Waals surface area contributed by atoms with Crippen LogP contribution in [0.1, 0.15) is 27.7 Å². The fourth-order valence-electron chi connectivity index (χ4n) is 1.15. The van der Waals surface area contributed by atoms with Gasteiger partial charge in [0.2, 0.25) is 5.54 Å². The molecule has 3 nitrogen and oxygen atoms in total. The molecule has 1 unspecified atom stereocenters. The Hall–Kier alpha value is -0.860. The van der Waals surface area contributed by atoms with Crippen molar-refractivity contribution in [1.29, 1.82) is 0 Å². The van der Waals surface area contributed by atoms with E-state index in [9.17, 15) is 5.21 Å². The van der Waals surface area contributed by atoms with Crippen LogP contribution < -0.4 is 0 Å². The summed E-state index contributed by atoms with van der Waals surface area (Å²) in [7, 11) is 0. The summed E-state index contributed by atoms with van der Waals surface area (Å²) in [6.45, 7) is 8.12. The first-order valence-corrected chi connectivity index (χ1v) is 3.86. The Balaban J connectivity index is 3.02. The number of aliphatic imine (C=N–C) groups is 1. The van der Waals surface area contributed by atoms with Gasteiger partial charge in [-0.25, -0.2) is 0 Å². The molecule has 0 saturated heterocycles. The van der Waals surface area contributed by atoms with E-state index in [4.69, 9.17) is 0 Å². The number of nitrogens with zero attached hydrogens (tertiary/aromatic N) is 2. The molecule has 0 radical (unpaired) electrons. The van der Waals surface area contributed by atoms with Gasteiger partial charge in [-0.2, -0.15) is 0 Å². The maximum Gasteiger partial charge on any atom is 0.320 e. The Morgan fingerprint density at radius 1 is 1.64 bits per heavy atom. The molecule has 0 bridgehead atoms. The first kappa shape index (κ1) is 8.24. The number of rotatable bonds is 1. The third-order valence-corrected chi connectivity index (χ3v) is 2.64. The van der Waals surface area contributed by atoms with Gasteiger partial charge in [0.15, 0.2) is 5.71 Å². The van der Waals surface area contributed by atoms with E-state index in [2.05, 4.69) is 18.8 Å². The Morgan fingerprint density at radius 3 is 2.36 bits per heavy atom. The zero-order valence-corrected chi connectivity index (χ0v) is 7.50. The van der Waals surface area contributed by atoms with Crippen molar-refractivity contribution in [3.8, 4) is 0 Å². The second-order valence-corrected chi connectivity index (χ2v) is 3.48. The van der Waals surface area contributed by atoms with E-state index in [-0.39, 0.29) is 5.54 Å². The SMILES string of the molecule is CC1=[N+](O)C=NC1(C)C(C)C. The van der Waals surface area contributed by atoms with Crippen molar-refractivity contribution in [1.82, 2.24) is 0 Å². The third kappa shape index (κ3) is 1.04. The van der Waals surface area contributed by atoms with Crippen LogP contribution in [0, 0.1) is 5.92 Å². The molecule has 1 heterocycles. The highest BCUT2D eigenvalue weighted by Gasteiger charge is 2.44. The molecule has 1 rings (SSSR count). The molecule has 3 heteroatoms. The van der Waals surface area contributed by atoms with Gasteiger partial charge in [-0.15, -0.1) is 0 Å². The molecule has 0 saturated carbocycles. The smallest absolute Gasteiger partial charge is 0.320 e. The summed E-state index contributed by atoms with van der Waals surface area (Å²) in [5, 5.41) is 9.23. The van der Waals surface area contributed by atoms with Crippen LogP contribution in [0.4, 0.5) is 0 Å². The predicted octanol–water partition coefficient (Wildman–Crippen LogP) is 1.31. The highest BCUT2D eigenvalue weighted by molar-refractivity contribution is 5.92. The number of hydrogen-bond donors (Lipinski definition) is 1. The van der Waals surface area contributed by atoms with E-state index in [1.807, 2.05) is 13.8 Å². The van der Waals surface area contributed by atoms with Gasteiger partial charge < -0.3 is 5.21 Å². The molecule has 1 N–H and O–H groups in total. The molecule has 0 aromatic rings. The first-order chi connectivity index (χ1) is 4.98. The van der Waals surface area contributed by atoms with Gasteiger partial charge in [-0.05, 0) is 6.92 Å². The number of hydrogen-bond acceptors (Lipinski definition) is 2. The lowest BCUT2D eigenvalue weighted by molar-refractivity contribution is -0.681. The molecule has 1 aliphatic heterocycles. The van der Waals surface area contributed by atoms with Crippen molar-refractivity contribution in [2.75, 3.05) is 0 Å². The highest BCUT2D eigenvalue weighted by Crippen LogP contribution is 2.25. The van der Waals surface area contributed by atoms with Crippen LogP contribution in [-0.2, 0) is 0 Å². The lowest BCUT2D eigenvalue weighted by Gasteiger charge is -2.17. The second-order valence-electron chi connectivity index (χ2n) is 3.48. The average Bonchev–Trinajstić information content (AvgIpc) is 2.18. The van der Waals surface area contributed by atoms with Crippen LogP contribution in [0.5, 0.6) is 0 Å². The van der Waals surface area contributed by atoms with Crippen molar-refractivity contribution < 1.29 is 9.95 Å². The molecule has 11 heavy (non-hydrogen) atoms. The molecule has 0 aliphatic carbocycles. The largest absolute Gasteiger partial charge is 0.350 e. The van der Waals surface area contributed by atoms with Crippen molar-refractivity contribution in [2.45, 2.75) is 33.2 Å². The van der Waals surface area contributed by atoms with Crippen LogP contribution in [0.15, 0.2) is 4.99 Å². The van der Waals surface area contributed by atoms with Gasteiger partial charge in [0.05, 0.1) is 0 Å². The quantitative estimate of drug-likeness (QED) is 0.449. The van der Waals surface area contributed by atoms with Crippen LogP contribution in [0.2, 0.25) is 0 Å². The van der Waals surface area contributed by atoms with E-state index in [1.165, 1.54) is 6.34 Å². The Labute approximate surface area is 67.0 Å². The lowest BCUT2D eigenvalue weighted by atomic mass is 9.86. The number of hydroxylamine groups is 1. The van der Waals surface area contributed by atoms with Gasteiger partial charge >= 0.3 is 6.34 Å². The summed E-state index contributed by atoms with van der Waals surface area (Å²) in [5.74, 6) is 0.413. The van der Waals surface area contributed by atoms with Crippen LogP contribution in [0.3, 0.4) is 0 Å². The monoisotopic (exact) mass is 155 g/mol. The summed E-state index contributed by atoms with van der Waals surface area (Å²) in [5.41, 5.74) is 0.682. The van der Waals surface area contributed by atoms with Crippen molar-refractivity contribution in [2.24, 2.45) is 10.9 Å². The molecule has 0 amide bonds. The van der Waals surface area contributed by atoms with E-state index in [1.54, 1.807) is 0 Å². The summed E-state index contributed by atoms with van der Waals surface area (Å²) in [4.78, 5) is 4.24. The Morgan fingerprint density at radius 2 is 2.18 bits per heavy atom. The maximum atomic E-state index is 9.23. The normalized spacial score (nSPS) is 30.6. The molecule has 0 fully saturated rings. The van der Waals surface area contributed by atoms with E-state index >= 15 is 0 Å². The summed E-state index contributed by atoms with van der Waals surface area (Å²) in [6, 6.07) is 0. The minimum Gasteiger partial charge on any atom is -0.350 e. The topological polar surface area (TPSA) is 35.6 Å². The van der Waals surface area contributed by atoms with Gasteiger partial charge in [0, 0.05) is 12.8 Å². The Bertz CT molecular complexity index is 230. The van der Waals surface area contributed by atoms with E-state index < -0.39 is 0 Å². The molecular weight excluding hydrogens is 140 g/mol. The van der Waals surface area contributed by atoms with Crippen LogP contribution in [-0.4, -0.2) is 27.5 Å². The minimum absolute atomic E-state index is 0.214. The molecular formula is C8H15N2O+.